The number of rotatable bonds is 2. The summed E-state index contributed by atoms with van der Waals surface area (Å²) in [6, 6.07) is 7.28. The second-order valence-corrected chi connectivity index (χ2v) is 5.54. The van der Waals surface area contributed by atoms with Gasteiger partial charge >= 0.3 is 6.03 Å². The van der Waals surface area contributed by atoms with E-state index in [0.717, 1.165) is 4.47 Å². The van der Waals surface area contributed by atoms with Gasteiger partial charge in [0.15, 0.2) is 0 Å². The van der Waals surface area contributed by atoms with Crippen LogP contribution in [0.1, 0.15) is 17.3 Å². The predicted octanol–water partition coefficient (Wildman–Crippen LogP) is 1.94. The van der Waals surface area contributed by atoms with E-state index in [-0.39, 0.29) is 11.9 Å². The smallest absolute Gasteiger partial charge is 0.317 e. The van der Waals surface area contributed by atoms with Crippen molar-refractivity contribution in [2.75, 3.05) is 32.7 Å². The average molecular weight is 340 g/mol. The molecule has 2 rings (SSSR count). The number of benzene rings is 1. The van der Waals surface area contributed by atoms with Crippen LogP contribution in [0.4, 0.5) is 4.79 Å². The highest BCUT2D eigenvalue weighted by Gasteiger charge is 2.24. The molecule has 1 heterocycles. The molecule has 0 spiro atoms. The number of nitrogens with zero attached hydrogens (tertiary/aromatic N) is 2. The third kappa shape index (κ3) is 3.50. The molecule has 6 heteroatoms. The molecule has 1 aromatic carbocycles. The van der Waals surface area contributed by atoms with Crippen LogP contribution in [-0.2, 0) is 0 Å². The molecule has 1 aliphatic rings. The minimum absolute atomic E-state index is 0.0213. The molecular weight excluding hydrogens is 322 g/mol. The molecule has 3 amide bonds. The zero-order chi connectivity index (χ0) is 14.5. The Morgan fingerprint density at radius 3 is 2.20 bits per heavy atom. The Labute approximate surface area is 127 Å². The molecule has 0 saturated carbocycles. The number of carbonyl (C=O) groups is 2. The van der Waals surface area contributed by atoms with Crippen molar-refractivity contribution in [3.63, 3.8) is 0 Å². The number of nitrogens with one attached hydrogen (secondary N) is 1. The van der Waals surface area contributed by atoms with Gasteiger partial charge in [0.05, 0.1) is 0 Å². The van der Waals surface area contributed by atoms with Crippen molar-refractivity contribution in [2.24, 2.45) is 0 Å². The summed E-state index contributed by atoms with van der Waals surface area (Å²) in [5, 5.41) is 2.78. The average Bonchev–Trinajstić information content (AvgIpc) is 2.48. The van der Waals surface area contributed by atoms with E-state index in [2.05, 4.69) is 21.2 Å². The minimum atomic E-state index is -0.0526. The molecule has 1 saturated heterocycles. The lowest BCUT2D eigenvalue weighted by molar-refractivity contribution is 0.0665. The Kier molecular flexibility index (Phi) is 5.00. The van der Waals surface area contributed by atoms with Crippen molar-refractivity contribution < 1.29 is 9.59 Å². The number of halogens is 1. The van der Waals surface area contributed by atoms with Crippen LogP contribution in [0.2, 0.25) is 0 Å². The summed E-state index contributed by atoms with van der Waals surface area (Å²) in [5.74, 6) is 0.0213. The first-order chi connectivity index (χ1) is 9.61. The molecule has 0 radical (unpaired) electrons. The van der Waals surface area contributed by atoms with E-state index in [9.17, 15) is 9.59 Å². The van der Waals surface area contributed by atoms with Gasteiger partial charge < -0.3 is 15.1 Å². The zero-order valence-electron chi connectivity index (χ0n) is 11.4. The van der Waals surface area contributed by atoms with Crippen molar-refractivity contribution >= 4 is 27.9 Å². The molecule has 108 valence electrons. The van der Waals surface area contributed by atoms with E-state index < -0.39 is 0 Å². The predicted molar refractivity (Wildman–Crippen MR) is 80.7 cm³/mol. The summed E-state index contributed by atoms with van der Waals surface area (Å²) < 4.78 is 0.954. The summed E-state index contributed by atoms with van der Waals surface area (Å²) in [7, 11) is 0. The van der Waals surface area contributed by atoms with Gasteiger partial charge in [0.1, 0.15) is 0 Å². The third-order valence-electron chi connectivity index (χ3n) is 3.27. The summed E-state index contributed by atoms with van der Waals surface area (Å²) in [5.41, 5.74) is 0.680. The fraction of sp³-hybridized carbons (Fsp3) is 0.429. The van der Waals surface area contributed by atoms with E-state index in [4.69, 9.17) is 0 Å². The number of hydrogen-bond acceptors (Lipinski definition) is 2. The SMILES string of the molecule is CCNC(=O)N1CCN(C(=O)c2ccc(Br)cc2)CC1. The molecule has 20 heavy (non-hydrogen) atoms. The van der Waals surface area contributed by atoms with Crippen molar-refractivity contribution in [3.8, 4) is 0 Å². The zero-order valence-corrected chi connectivity index (χ0v) is 13.0. The maximum atomic E-state index is 12.3. The van der Waals surface area contributed by atoms with Crippen LogP contribution in [0.5, 0.6) is 0 Å². The fourth-order valence-corrected chi connectivity index (χ4v) is 2.42. The maximum absolute atomic E-state index is 12.3. The maximum Gasteiger partial charge on any atom is 0.317 e. The molecule has 0 bridgehead atoms. The largest absolute Gasteiger partial charge is 0.338 e. The van der Waals surface area contributed by atoms with Gasteiger partial charge in [0.25, 0.3) is 5.91 Å². The van der Waals surface area contributed by atoms with Gasteiger partial charge in [-0.2, -0.15) is 0 Å². The second kappa shape index (κ2) is 6.74. The highest BCUT2D eigenvalue weighted by atomic mass is 79.9. The summed E-state index contributed by atoms with van der Waals surface area (Å²) in [4.78, 5) is 27.5. The summed E-state index contributed by atoms with van der Waals surface area (Å²) in [6.45, 7) is 4.82. The summed E-state index contributed by atoms with van der Waals surface area (Å²) in [6.07, 6.45) is 0. The molecule has 0 atom stereocenters. The van der Waals surface area contributed by atoms with E-state index in [1.165, 1.54) is 0 Å². The number of hydrogen-bond donors (Lipinski definition) is 1. The first-order valence-corrected chi connectivity index (χ1v) is 7.48. The van der Waals surface area contributed by atoms with E-state index in [1.807, 2.05) is 31.2 Å². The van der Waals surface area contributed by atoms with Crippen LogP contribution in [0.15, 0.2) is 28.7 Å². The van der Waals surface area contributed by atoms with E-state index in [0.29, 0.717) is 38.3 Å². The minimum Gasteiger partial charge on any atom is -0.338 e. The molecule has 1 fully saturated rings. The normalized spacial score (nSPS) is 15.1. The van der Waals surface area contributed by atoms with Crippen LogP contribution >= 0.6 is 15.9 Å². The van der Waals surface area contributed by atoms with Gasteiger partial charge in [-0.05, 0) is 31.2 Å². The lowest BCUT2D eigenvalue weighted by Gasteiger charge is -2.34. The highest BCUT2D eigenvalue weighted by molar-refractivity contribution is 9.10. The van der Waals surface area contributed by atoms with Gasteiger partial charge in [-0.15, -0.1) is 0 Å². The monoisotopic (exact) mass is 339 g/mol. The van der Waals surface area contributed by atoms with Crippen molar-refractivity contribution in [1.82, 2.24) is 15.1 Å². The third-order valence-corrected chi connectivity index (χ3v) is 3.80. The van der Waals surface area contributed by atoms with Crippen molar-refractivity contribution in [1.29, 1.82) is 0 Å². The Bertz CT molecular complexity index is 482. The lowest BCUT2D eigenvalue weighted by Crippen LogP contribution is -2.53. The number of amides is 3. The number of carbonyl (C=O) groups excluding carboxylic acids is 2. The van der Waals surface area contributed by atoms with E-state index in [1.54, 1.807) is 9.80 Å². The number of urea groups is 1. The number of piperazine rings is 1. The van der Waals surface area contributed by atoms with E-state index >= 15 is 0 Å². The van der Waals surface area contributed by atoms with Crippen LogP contribution in [-0.4, -0.2) is 54.5 Å². The fourth-order valence-electron chi connectivity index (χ4n) is 2.15. The first-order valence-electron chi connectivity index (χ1n) is 6.69. The Hall–Kier alpha value is -1.56. The molecule has 0 aromatic heterocycles. The molecule has 1 N–H and O–H groups in total. The van der Waals surface area contributed by atoms with Crippen LogP contribution < -0.4 is 5.32 Å². The van der Waals surface area contributed by atoms with Gasteiger partial charge in [-0.25, -0.2) is 4.79 Å². The summed E-state index contributed by atoms with van der Waals surface area (Å²) >= 11 is 3.35. The highest BCUT2D eigenvalue weighted by Crippen LogP contribution is 2.13. The topological polar surface area (TPSA) is 52.7 Å². The first kappa shape index (κ1) is 14.8. The molecule has 5 nitrogen and oxygen atoms in total. The van der Waals surface area contributed by atoms with Crippen LogP contribution in [0.3, 0.4) is 0 Å². The molecular formula is C14H18BrN3O2. The molecule has 1 aromatic rings. The Morgan fingerprint density at radius 2 is 1.65 bits per heavy atom. The van der Waals surface area contributed by atoms with Crippen LogP contribution in [0.25, 0.3) is 0 Å². The van der Waals surface area contributed by atoms with Gasteiger partial charge in [-0.1, -0.05) is 15.9 Å². The standard InChI is InChI=1S/C14H18BrN3O2/c1-2-16-14(20)18-9-7-17(8-10-18)13(19)11-3-5-12(15)6-4-11/h3-6H,2,7-10H2,1H3,(H,16,20). The van der Waals surface area contributed by atoms with Gasteiger partial charge in [0.2, 0.25) is 0 Å². The van der Waals surface area contributed by atoms with Gasteiger partial charge in [-0.3, -0.25) is 4.79 Å². The van der Waals surface area contributed by atoms with Crippen molar-refractivity contribution in [2.45, 2.75) is 6.92 Å². The second-order valence-electron chi connectivity index (χ2n) is 4.62. The molecule has 1 aliphatic heterocycles. The lowest BCUT2D eigenvalue weighted by atomic mass is 10.2. The van der Waals surface area contributed by atoms with Gasteiger partial charge in [0, 0.05) is 42.8 Å². The van der Waals surface area contributed by atoms with Crippen molar-refractivity contribution in [3.05, 3.63) is 34.3 Å². The van der Waals surface area contributed by atoms with Crippen LogP contribution in [0, 0.1) is 0 Å². The molecule has 0 unspecified atom stereocenters. The Morgan fingerprint density at radius 1 is 1.10 bits per heavy atom. The Balaban J connectivity index is 1.92. The quantitative estimate of drug-likeness (QED) is 0.895. The molecule has 0 aliphatic carbocycles.